The monoisotopic (exact) mass is 339 g/mol. The number of hydrogen-bond acceptors (Lipinski definition) is 5. The molecule has 2 unspecified atom stereocenters. The number of carbonyl (C=O) groups excluding carboxylic acids is 1. The molecule has 0 aliphatic carbocycles. The molecule has 0 bridgehead atoms. The summed E-state index contributed by atoms with van der Waals surface area (Å²) in [5, 5.41) is 19.1. The molecule has 25 heavy (non-hydrogen) atoms. The third kappa shape index (κ3) is 3.12. The number of amides is 1. The van der Waals surface area contributed by atoms with Crippen LogP contribution in [0.1, 0.15) is 48.2 Å². The van der Waals surface area contributed by atoms with Crippen molar-refractivity contribution in [2.75, 3.05) is 13.1 Å². The molecule has 2 N–H and O–H groups in total. The Balaban J connectivity index is 1.47. The average molecular weight is 339 g/mol. The molecular formula is C17H21N7O. The van der Waals surface area contributed by atoms with Crippen LogP contribution in [0, 0.1) is 0 Å². The molecule has 0 radical (unpaired) electrons. The molecule has 1 aliphatic heterocycles. The molecule has 130 valence electrons. The van der Waals surface area contributed by atoms with E-state index in [9.17, 15) is 4.79 Å². The van der Waals surface area contributed by atoms with Crippen LogP contribution in [0.25, 0.3) is 5.65 Å². The maximum absolute atomic E-state index is 12.5. The van der Waals surface area contributed by atoms with Gasteiger partial charge in [-0.15, -0.1) is 10.2 Å². The van der Waals surface area contributed by atoms with Crippen LogP contribution in [0.3, 0.4) is 0 Å². The Hall–Kier alpha value is -2.74. The van der Waals surface area contributed by atoms with Crippen LogP contribution in [-0.4, -0.2) is 43.4 Å². The predicted molar refractivity (Wildman–Crippen MR) is 92.2 cm³/mol. The molecule has 4 heterocycles. The minimum atomic E-state index is -0.272. The maximum atomic E-state index is 12.5. The molecule has 3 aromatic rings. The summed E-state index contributed by atoms with van der Waals surface area (Å²) in [5.74, 6) is 0.488. The van der Waals surface area contributed by atoms with E-state index >= 15 is 0 Å². The zero-order valence-corrected chi connectivity index (χ0v) is 14.1. The van der Waals surface area contributed by atoms with Crippen LogP contribution in [0.5, 0.6) is 0 Å². The van der Waals surface area contributed by atoms with Crippen LogP contribution >= 0.6 is 0 Å². The topological polar surface area (TPSA) is 89.1 Å². The van der Waals surface area contributed by atoms with Gasteiger partial charge < -0.3 is 10.6 Å². The van der Waals surface area contributed by atoms with Gasteiger partial charge in [0.2, 0.25) is 0 Å². The van der Waals surface area contributed by atoms with Gasteiger partial charge in [-0.2, -0.15) is 5.10 Å². The fraction of sp³-hybridized carbons (Fsp3) is 0.412. The van der Waals surface area contributed by atoms with Gasteiger partial charge in [-0.3, -0.25) is 13.9 Å². The van der Waals surface area contributed by atoms with Gasteiger partial charge in [-0.1, -0.05) is 6.07 Å². The zero-order chi connectivity index (χ0) is 17.2. The Labute approximate surface area is 145 Å². The summed E-state index contributed by atoms with van der Waals surface area (Å²) in [6.45, 7) is 3.84. The van der Waals surface area contributed by atoms with Gasteiger partial charge in [0.25, 0.3) is 5.91 Å². The third-order valence-electron chi connectivity index (χ3n) is 4.56. The van der Waals surface area contributed by atoms with Crippen molar-refractivity contribution in [2.24, 2.45) is 0 Å². The minimum Gasteiger partial charge on any atom is -0.341 e. The summed E-state index contributed by atoms with van der Waals surface area (Å²) in [7, 11) is 0. The van der Waals surface area contributed by atoms with Crippen molar-refractivity contribution in [3.63, 3.8) is 0 Å². The summed E-state index contributed by atoms with van der Waals surface area (Å²) in [4.78, 5) is 12.5. The molecule has 8 nitrogen and oxygen atoms in total. The van der Waals surface area contributed by atoms with Crippen molar-refractivity contribution < 1.29 is 4.79 Å². The van der Waals surface area contributed by atoms with Crippen molar-refractivity contribution >= 4 is 11.6 Å². The molecule has 1 amide bonds. The predicted octanol–water partition coefficient (Wildman–Crippen LogP) is 1.34. The Morgan fingerprint density at radius 2 is 2.24 bits per heavy atom. The molecule has 8 heteroatoms. The fourth-order valence-corrected chi connectivity index (χ4v) is 3.21. The van der Waals surface area contributed by atoms with Crippen molar-refractivity contribution in [1.82, 2.24) is 35.0 Å². The number of hydrogen-bond donors (Lipinski definition) is 2. The second-order valence-corrected chi connectivity index (χ2v) is 6.36. The number of nitrogens with zero attached hydrogens (tertiary/aromatic N) is 5. The highest BCUT2D eigenvalue weighted by Crippen LogP contribution is 2.16. The van der Waals surface area contributed by atoms with Gasteiger partial charge in [0, 0.05) is 18.9 Å². The van der Waals surface area contributed by atoms with Gasteiger partial charge >= 0.3 is 0 Å². The number of rotatable bonds is 4. The van der Waals surface area contributed by atoms with E-state index in [0.717, 1.165) is 31.6 Å². The number of nitrogens with one attached hydrogen (secondary N) is 2. The van der Waals surface area contributed by atoms with Gasteiger partial charge in [0.1, 0.15) is 5.69 Å². The molecule has 2 atom stereocenters. The summed E-state index contributed by atoms with van der Waals surface area (Å²) in [6, 6.07) is 7.50. The highest BCUT2D eigenvalue weighted by atomic mass is 16.2. The average Bonchev–Trinajstić information content (AvgIpc) is 3.30. The SMILES string of the molecule is CC(NC(=O)c1ccn(C2CCCNC2)n1)c1nnc2ccccn12. The Kier molecular flexibility index (Phi) is 4.19. The van der Waals surface area contributed by atoms with Crippen molar-refractivity contribution in [3.05, 3.63) is 48.2 Å². The highest BCUT2D eigenvalue weighted by Gasteiger charge is 2.20. The maximum Gasteiger partial charge on any atom is 0.272 e. The normalized spacial score (nSPS) is 19.0. The van der Waals surface area contributed by atoms with Crippen molar-refractivity contribution in [2.45, 2.75) is 31.8 Å². The zero-order valence-electron chi connectivity index (χ0n) is 14.1. The van der Waals surface area contributed by atoms with E-state index in [1.165, 1.54) is 0 Å². The third-order valence-corrected chi connectivity index (χ3v) is 4.56. The van der Waals surface area contributed by atoms with Crippen LogP contribution in [0.15, 0.2) is 36.7 Å². The summed E-state index contributed by atoms with van der Waals surface area (Å²) < 4.78 is 3.76. The van der Waals surface area contributed by atoms with Crippen LogP contribution in [-0.2, 0) is 0 Å². The first kappa shape index (κ1) is 15.8. The first-order valence-electron chi connectivity index (χ1n) is 8.59. The standard InChI is InChI=1S/C17H21N7O/c1-12(16-21-20-15-6-2-3-9-23(15)16)19-17(25)14-7-10-24(22-14)13-5-4-8-18-11-13/h2-3,6-7,9-10,12-13,18H,4-5,8,11H2,1H3,(H,19,25). The van der Waals surface area contributed by atoms with Gasteiger partial charge in [-0.05, 0) is 44.5 Å². The largest absolute Gasteiger partial charge is 0.341 e. The van der Waals surface area contributed by atoms with Crippen LogP contribution in [0.4, 0.5) is 0 Å². The van der Waals surface area contributed by atoms with E-state index in [4.69, 9.17) is 0 Å². The first-order chi connectivity index (χ1) is 12.2. The number of fused-ring (bicyclic) bond motifs is 1. The molecule has 1 saturated heterocycles. The molecular weight excluding hydrogens is 318 g/mol. The Bertz CT molecular complexity index is 878. The van der Waals surface area contributed by atoms with Crippen molar-refractivity contribution in [3.8, 4) is 0 Å². The van der Waals surface area contributed by atoms with E-state index in [0.29, 0.717) is 17.6 Å². The number of pyridine rings is 1. The summed E-state index contributed by atoms with van der Waals surface area (Å²) in [5.41, 5.74) is 1.18. The van der Waals surface area contributed by atoms with Gasteiger partial charge in [-0.25, -0.2) is 0 Å². The Morgan fingerprint density at radius 1 is 1.32 bits per heavy atom. The van der Waals surface area contributed by atoms with E-state index < -0.39 is 0 Å². The molecule has 0 spiro atoms. The lowest BCUT2D eigenvalue weighted by atomic mass is 10.1. The van der Waals surface area contributed by atoms with Gasteiger partial charge in [0.15, 0.2) is 11.5 Å². The summed E-state index contributed by atoms with van der Waals surface area (Å²) in [6.07, 6.45) is 5.97. The molecule has 1 aliphatic rings. The molecule has 0 aromatic carbocycles. The smallest absolute Gasteiger partial charge is 0.272 e. The van der Waals surface area contributed by atoms with Crippen LogP contribution < -0.4 is 10.6 Å². The van der Waals surface area contributed by atoms with E-state index in [2.05, 4.69) is 25.9 Å². The first-order valence-corrected chi connectivity index (χ1v) is 8.59. The number of carbonyl (C=O) groups is 1. The Morgan fingerprint density at radius 3 is 3.08 bits per heavy atom. The summed E-state index contributed by atoms with van der Waals surface area (Å²) >= 11 is 0. The lowest BCUT2D eigenvalue weighted by Gasteiger charge is -2.22. The van der Waals surface area contributed by atoms with E-state index in [1.807, 2.05) is 46.6 Å². The minimum absolute atomic E-state index is 0.206. The second-order valence-electron chi connectivity index (χ2n) is 6.36. The molecule has 0 saturated carbocycles. The van der Waals surface area contributed by atoms with Crippen molar-refractivity contribution in [1.29, 1.82) is 0 Å². The van der Waals surface area contributed by atoms with E-state index in [1.54, 1.807) is 6.07 Å². The second kappa shape index (κ2) is 6.64. The highest BCUT2D eigenvalue weighted by molar-refractivity contribution is 5.92. The number of piperidine rings is 1. The lowest BCUT2D eigenvalue weighted by molar-refractivity contribution is 0.0931. The quantitative estimate of drug-likeness (QED) is 0.749. The van der Waals surface area contributed by atoms with Gasteiger partial charge in [0.05, 0.1) is 12.1 Å². The molecule has 3 aromatic heterocycles. The molecule has 4 rings (SSSR count). The van der Waals surface area contributed by atoms with Crippen LogP contribution in [0.2, 0.25) is 0 Å². The van der Waals surface area contributed by atoms with E-state index in [-0.39, 0.29) is 11.9 Å². The fourth-order valence-electron chi connectivity index (χ4n) is 3.21. The number of aromatic nitrogens is 5. The molecule has 1 fully saturated rings. The lowest BCUT2D eigenvalue weighted by Crippen LogP contribution is -2.32.